The first-order valence-corrected chi connectivity index (χ1v) is 9.69. The van der Waals surface area contributed by atoms with Gasteiger partial charge in [0.1, 0.15) is 18.1 Å². The number of halogens is 1. The van der Waals surface area contributed by atoms with Gasteiger partial charge in [-0.1, -0.05) is 28.6 Å². The van der Waals surface area contributed by atoms with E-state index in [1.807, 2.05) is 19.1 Å². The SMILES string of the molecule is C=CCOc1ccc(Br)cc1C=NNC(=O)CNC(=O)c1ccc(OCC)cc1. The third-order valence-electron chi connectivity index (χ3n) is 3.56. The van der Waals surface area contributed by atoms with Crippen LogP contribution in [-0.4, -0.2) is 37.8 Å². The van der Waals surface area contributed by atoms with E-state index in [9.17, 15) is 9.59 Å². The standard InChI is InChI=1S/C21H22BrN3O4/c1-3-11-29-19-10-7-17(22)12-16(19)13-24-25-20(26)14-23-21(27)15-5-8-18(9-6-15)28-4-2/h3,5-10,12-13H,1,4,11,14H2,2H3,(H,23,27)(H,25,26). The Morgan fingerprint density at radius 1 is 1.17 bits per heavy atom. The molecular formula is C21H22BrN3O4. The maximum atomic E-state index is 12.1. The van der Waals surface area contributed by atoms with Crippen LogP contribution in [0.2, 0.25) is 0 Å². The van der Waals surface area contributed by atoms with Crippen molar-refractivity contribution in [2.45, 2.75) is 6.92 Å². The van der Waals surface area contributed by atoms with Gasteiger partial charge < -0.3 is 14.8 Å². The molecule has 0 aliphatic heterocycles. The Labute approximate surface area is 177 Å². The van der Waals surface area contributed by atoms with Crippen LogP contribution < -0.4 is 20.2 Å². The summed E-state index contributed by atoms with van der Waals surface area (Å²) in [5, 5.41) is 6.45. The van der Waals surface area contributed by atoms with E-state index in [1.54, 1.807) is 36.4 Å². The zero-order valence-corrected chi connectivity index (χ0v) is 17.6. The molecule has 8 heteroatoms. The molecule has 29 heavy (non-hydrogen) atoms. The lowest BCUT2D eigenvalue weighted by molar-refractivity contribution is -0.120. The molecule has 0 bridgehead atoms. The number of benzene rings is 2. The van der Waals surface area contributed by atoms with Crippen molar-refractivity contribution in [3.05, 3.63) is 70.7 Å². The number of rotatable bonds is 10. The molecule has 0 unspecified atom stereocenters. The molecule has 0 aromatic heterocycles. The fraction of sp³-hybridized carbons (Fsp3) is 0.190. The van der Waals surface area contributed by atoms with Crippen molar-refractivity contribution in [1.82, 2.24) is 10.7 Å². The van der Waals surface area contributed by atoms with Crippen LogP contribution in [0.3, 0.4) is 0 Å². The maximum absolute atomic E-state index is 12.1. The van der Waals surface area contributed by atoms with Crippen LogP contribution in [0.5, 0.6) is 11.5 Å². The van der Waals surface area contributed by atoms with Crippen molar-refractivity contribution < 1.29 is 19.1 Å². The molecule has 2 aromatic rings. The predicted molar refractivity (Wildman–Crippen MR) is 116 cm³/mol. The van der Waals surface area contributed by atoms with E-state index in [2.05, 4.69) is 38.4 Å². The molecule has 0 atom stereocenters. The third-order valence-corrected chi connectivity index (χ3v) is 4.05. The fourth-order valence-corrected chi connectivity index (χ4v) is 2.62. The normalized spacial score (nSPS) is 10.4. The minimum atomic E-state index is -0.455. The van der Waals surface area contributed by atoms with Gasteiger partial charge in [0, 0.05) is 15.6 Å². The van der Waals surface area contributed by atoms with Gasteiger partial charge in [0.15, 0.2) is 0 Å². The lowest BCUT2D eigenvalue weighted by Crippen LogP contribution is -2.34. The molecule has 152 valence electrons. The second kappa shape index (κ2) is 11.7. The van der Waals surface area contributed by atoms with Crippen molar-refractivity contribution in [3.8, 4) is 11.5 Å². The van der Waals surface area contributed by atoms with Crippen molar-refractivity contribution in [2.24, 2.45) is 5.10 Å². The highest BCUT2D eigenvalue weighted by Crippen LogP contribution is 2.21. The number of hydrogen-bond donors (Lipinski definition) is 2. The quantitative estimate of drug-likeness (QED) is 0.324. The van der Waals surface area contributed by atoms with Gasteiger partial charge in [0.2, 0.25) is 0 Å². The Bertz CT molecular complexity index is 882. The highest BCUT2D eigenvalue weighted by atomic mass is 79.9. The first-order valence-electron chi connectivity index (χ1n) is 8.89. The van der Waals surface area contributed by atoms with Crippen molar-refractivity contribution >= 4 is 34.0 Å². The zero-order chi connectivity index (χ0) is 21.1. The topological polar surface area (TPSA) is 89.0 Å². The second-order valence-electron chi connectivity index (χ2n) is 5.72. The monoisotopic (exact) mass is 459 g/mol. The van der Waals surface area contributed by atoms with E-state index in [1.165, 1.54) is 6.21 Å². The third kappa shape index (κ3) is 7.42. The molecule has 2 N–H and O–H groups in total. The van der Waals surface area contributed by atoms with Crippen LogP contribution in [0.25, 0.3) is 0 Å². The number of hydrazone groups is 1. The van der Waals surface area contributed by atoms with E-state index in [0.29, 0.717) is 35.8 Å². The molecule has 0 aliphatic rings. The first kappa shape index (κ1) is 22.2. The van der Waals surface area contributed by atoms with Gasteiger partial charge in [0.25, 0.3) is 11.8 Å². The first-order chi connectivity index (χ1) is 14.0. The minimum absolute atomic E-state index is 0.207. The van der Waals surface area contributed by atoms with Crippen LogP contribution in [0, 0.1) is 0 Å². The van der Waals surface area contributed by atoms with Crippen molar-refractivity contribution in [1.29, 1.82) is 0 Å². The molecule has 2 aromatic carbocycles. The molecular weight excluding hydrogens is 438 g/mol. The van der Waals surface area contributed by atoms with E-state index >= 15 is 0 Å². The summed E-state index contributed by atoms with van der Waals surface area (Å²) in [5.41, 5.74) is 3.49. The molecule has 0 radical (unpaired) electrons. The summed E-state index contributed by atoms with van der Waals surface area (Å²) in [4.78, 5) is 24.0. The molecule has 2 rings (SSSR count). The molecule has 0 aliphatic carbocycles. The number of nitrogens with zero attached hydrogens (tertiary/aromatic N) is 1. The molecule has 7 nitrogen and oxygen atoms in total. The van der Waals surface area contributed by atoms with Gasteiger partial charge in [-0.05, 0) is 49.4 Å². The lowest BCUT2D eigenvalue weighted by atomic mass is 10.2. The Balaban J connectivity index is 1.85. The summed E-state index contributed by atoms with van der Waals surface area (Å²) >= 11 is 3.38. The van der Waals surface area contributed by atoms with Gasteiger partial charge in [-0.2, -0.15) is 5.10 Å². The summed E-state index contributed by atoms with van der Waals surface area (Å²) in [5.74, 6) is 0.471. The summed E-state index contributed by atoms with van der Waals surface area (Å²) in [7, 11) is 0. The van der Waals surface area contributed by atoms with Crippen LogP contribution in [-0.2, 0) is 4.79 Å². The molecule has 2 amide bonds. The van der Waals surface area contributed by atoms with Gasteiger partial charge >= 0.3 is 0 Å². The fourth-order valence-electron chi connectivity index (χ4n) is 2.25. The number of hydrogen-bond acceptors (Lipinski definition) is 5. The van der Waals surface area contributed by atoms with Gasteiger partial charge in [-0.3, -0.25) is 9.59 Å². The zero-order valence-electron chi connectivity index (χ0n) is 16.0. The second-order valence-corrected chi connectivity index (χ2v) is 6.63. The van der Waals surface area contributed by atoms with Crippen molar-refractivity contribution in [2.75, 3.05) is 19.8 Å². The maximum Gasteiger partial charge on any atom is 0.259 e. The Morgan fingerprint density at radius 3 is 2.62 bits per heavy atom. The van der Waals surface area contributed by atoms with Gasteiger partial charge in [-0.15, -0.1) is 0 Å². The average molecular weight is 460 g/mol. The smallest absolute Gasteiger partial charge is 0.259 e. The number of carbonyl (C=O) groups is 2. The average Bonchev–Trinajstić information content (AvgIpc) is 2.72. The molecule has 0 saturated carbocycles. The summed E-state index contributed by atoms with van der Waals surface area (Å²) in [6.45, 7) is 6.19. The van der Waals surface area contributed by atoms with Crippen LogP contribution in [0.4, 0.5) is 0 Å². The largest absolute Gasteiger partial charge is 0.494 e. The van der Waals surface area contributed by atoms with Crippen LogP contribution >= 0.6 is 15.9 Å². The van der Waals surface area contributed by atoms with E-state index < -0.39 is 5.91 Å². The summed E-state index contributed by atoms with van der Waals surface area (Å²) in [6.07, 6.45) is 3.10. The van der Waals surface area contributed by atoms with E-state index in [4.69, 9.17) is 9.47 Å². The Morgan fingerprint density at radius 2 is 1.93 bits per heavy atom. The van der Waals surface area contributed by atoms with E-state index in [0.717, 1.165) is 4.47 Å². The lowest BCUT2D eigenvalue weighted by Gasteiger charge is -2.08. The number of ether oxygens (including phenoxy) is 2. The molecule has 0 fully saturated rings. The highest BCUT2D eigenvalue weighted by molar-refractivity contribution is 9.10. The van der Waals surface area contributed by atoms with Gasteiger partial charge in [-0.25, -0.2) is 5.43 Å². The van der Waals surface area contributed by atoms with E-state index in [-0.39, 0.29) is 12.5 Å². The van der Waals surface area contributed by atoms with Crippen LogP contribution in [0.1, 0.15) is 22.8 Å². The molecule has 0 saturated heterocycles. The number of nitrogens with one attached hydrogen (secondary N) is 2. The van der Waals surface area contributed by atoms with Crippen molar-refractivity contribution in [3.63, 3.8) is 0 Å². The molecule has 0 spiro atoms. The minimum Gasteiger partial charge on any atom is -0.494 e. The highest BCUT2D eigenvalue weighted by Gasteiger charge is 2.08. The van der Waals surface area contributed by atoms with Crippen LogP contribution in [0.15, 0.2) is 64.7 Å². The summed E-state index contributed by atoms with van der Waals surface area (Å²) in [6, 6.07) is 12.1. The predicted octanol–water partition coefficient (Wildman–Crippen LogP) is 3.29. The van der Waals surface area contributed by atoms with Gasteiger partial charge in [0.05, 0.1) is 19.4 Å². The Hall–Kier alpha value is -3.13. The Kier molecular flexibility index (Phi) is 8.91. The number of amides is 2. The summed E-state index contributed by atoms with van der Waals surface area (Å²) < 4.78 is 11.7. The number of carbonyl (C=O) groups excluding carboxylic acids is 2. The molecule has 0 heterocycles.